The molecule has 10 rings (SSSR count). The summed E-state index contributed by atoms with van der Waals surface area (Å²) >= 11 is 0. The number of rotatable bonds is 7. The normalized spacial score (nSPS) is 11.3. The van der Waals surface area contributed by atoms with Crippen molar-refractivity contribution in [1.82, 2.24) is 0 Å². The first kappa shape index (κ1) is 31.6. The van der Waals surface area contributed by atoms with E-state index in [9.17, 15) is 0 Å². The molecule has 1 heterocycles. The van der Waals surface area contributed by atoms with E-state index in [-0.39, 0.29) is 0 Å². The van der Waals surface area contributed by atoms with Gasteiger partial charge in [0.1, 0.15) is 5.58 Å². The van der Waals surface area contributed by atoms with Gasteiger partial charge in [-0.3, -0.25) is 0 Å². The number of hydrogen-bond acceptors (Lipinski definition) is 2. The maximum atomic E-state index is 7.21. The lowest BCUT2D eigenvalue weighted by molar-refractivity contribution is 0.670. The van der Waals surface area contributed by atoms with Crippen molar-refractivity contribution in [3.05, 3.63) is 212 Å². The van der Waals surface area contributed by atoms with Crippen LogP contribution in [0.2, 0.25) is 0 Å². The van der Waals surface area contributed by atoms with E-state index >= 15 is 0 Å². The third kappa shape index (κ3) is 5.62. The van der Waals surface area contributed by atoms with E-state index in [4.69, 9.17) is 4.42 Å². The third-order valence-electron chi connectivity index (χ3n) is 10.5. The van der Waals surface area contributed by atoms with Crippen LogP contribution in [0.15, 0.2) is 217 Å². The Hall–Kier alpha value is -7.16. The van der Waals surface area contributed by atoms with Crippen LogP contribution in [0.3, 0.4) is 0 Å². The lowest BCUT2D eigenvalue weighted by Crippen LogP contribution is -2.10. The molecule has 254 valence electrons. The van der Waals surface area contributed by atoms with E-state index in [0.29, 0.717) is 0 Å². The van der Waals surface area contributed by atoms with Crippen LogP contribution in [-0.2, 0) is 0 Å². The highest BCUT2D eigenvalue weighted by atomic mass is 16.3. The minimum absolute atomic E-state index is 0.846. The van der Waals surface area contributed by atoms with E-state index < -0.39 is 0 Å². The van der Waals surface area contributed by atoms with Crippen molar-refractivity contribution in [3.63, 3.8) is 0 Å². The molecule has 0 aliphatic rings. The Morgan fingerprint density at radius 1 is 0.315 bits per heavy atom. The molecule has 0 amide bonds. The van der Waals surface area contributed by atoms with Crippen LogP contribution in [0.5, 0.6) is 0 Å². The van der Waals surface area contributed by atoms with Crippen molar-refractivity contribution in [3.8, 4) is 44.5 Å². The predicted molar refractivity (Wildman–Crippen MR) is 228 cm³/mol. The summed E-state index contributed by atoms with van der Waals surface area (Å²) in [4.78, 5) is 2.33. The highest BCUT2D eigenvalue weighted by molar-refractivity contribution is 6.19. The molecule has 0 N–H and O–H groups in total. The zero-order valence-corrected chi connectivity index (χ0v) is 29.6. The SMILES string of the molecule is c1ccc(-c2ccc(N(c3ccc(-c4ccccc4)cc3)c3ccc(-c4ccccc4)c4c3oc3c(-c5ccc6ccccc6c5)cccc34)cc2)cc1. The van der Waals surface area contributed by atoms with Crippen LogP contribution < -0.4 is 4.90 Å². The minimum atomic E-state index is 0.846. The van der Waals surface area contributed by atoms with Gasteiger partial charge in [0, 0.05) is 27.7 Å². The van der Waals surface area contributed by atoms with E-state index in [1.165, 1.54) is 33.0 Å². The Kier molecular flexibility index (Phi) is 7.85. The maximum absolute atomic E-state index is 7.21. The predicted octanol–water partition coefficient (Wildman–Crippen LogP) is 14.9. The Bertz CT molecular complexity index is 2810. The molecular weight excluding hydrogens is 655 g/mol. The van der Waals surface area contributed by atoms with Gasteiger partial charge >= 0.3 is 0 Å². The summed E-state index contributed by atoms with van der Waals surface area (Å²) in [5.74, 6) is 0. The molecule has 0 radical (unpaired) electrons. The second-order valence-electron chi connectivity index (χ2n) is 13.7. The molecule has 0 aliphatic carbocycles. The number of anilines is 3. The molecule has 0 aliphatic heterocycles. The Morgan fingerprint density at radius 3 is 1.44 bits per heavy atom. The Morgan fingerprint density at radius 2 is 0.833 bits per heavy atom. The topological polar surface area (TPSA) is 16.4 Å². The van der Waals surface area contributed by atoms with Crippen LogP contribution in [0, 0.1) is 0 Å². The average molecular weight is 690 g/mol. The van der Waals surface area contributed by atoms with Gasteiger partial charge in [-0.25, -0.2) is 0 Å². The fourth-order valence-electron chi connectivity index (χ4n) is 7.80. The number of hydrogen-bond donors (Lipinski definition) is 0. The first-order valence-corrected chi connectivity index (χ1v) is 18.4. The molecule has 9 aromatic carbocycles. The lowest BCUT2D eigenvalue weighted by atomic mass is 9.95. The fraction of sp³-hybridized carbons (Fsp3) is 0. The molecule has 0 spiro atoms. The summed E-state index contributed by atoms with van der Waals surface area (Å²) in [7, 11) is 0. The third-order valence-corrected chi connectivity index (χ3v) is 10.5. The van der Waals surface area contributed by atoms with Gasteiger partial charge in [-0.05, 0) is 86.1 Å². The van der Waals surface area contributed by atoms with E-state index in [1.54, 1.807) is 0 Å². The molecule has 0 fully saturated rings. The van der Waals surface area contributed by atoms with Gasteiger partial charge in [-0.1, -0.05) is 176 Å². The molecule has 0 bridgehead atoms. The molecule has 2 nitrogen and oxygen atoms in total. The van der Waals surface area contributed by atoms with Crippen LogP contribution in [0.1, 0.15) is 0 Å². The molecule has 0 saturated carbocycles. The lowest BCUT2D eigenvalue weighted by Gasteiger charge is -2.26. The van der Waals surface area contributed by atoms with Crippen LogP contribution >= 0.6 is 0 Å². The van der Waals surface area contributed by atoms with Gasteiger partial charge in [0.15, 0.2) is 5.58 Å². The summed E-state index contributed by atoms with van der Waals surface area (Å²) in [6.45, 7) is 0. The summed E-state index contributed by atoms with van der Waals surface area (Å²) in [6, 6.07) is 75.6. The van der Waals surface area contributed by atoms with Gasteiger partial charge in [0.25, 0.3) is 0 Å². The van der Waals surface area contributed by atoms with Gasteiger partial charge in [0.05, 0.1) is 5.69 Å². The van der Waals surface area contributed by atoms with Crippen LogP contribution in [0.25, 0.3) is 77.2 Å². The zero-order chi connectivity index (χ0) is 35.8. The standard InChI is InChI=1S/C52H35NO/c1-4-13-36(14-5-1)39-25-29-44(30-26-39)53(45-31-27-40(28-32-45)37-15-6-2-7-16-37)49-34-33-46(41-18-8-3-9-19-41)50-48-22-12-21-47(51(48)54-52(49)50)43-24-23-38-17-10-11-20-42(38)35-43/h1-35H. The van der Waals surface area contributed by atoms with Gasteiger partial charge < -0.3 is 9.32 Å². The summed E-state index contributed by atoms with van der Waals surface area (Å²) in [5.41, 5.74) is 14.0. The first-order chi connectivity index (χ1) is 26.8. The molecule has 0 unspecified atom stereocenters. The molecule has 0 saturated heterocycles. The molecular formula is C52H35NO. The number of benzene rings is 9. The number of fused-ring (bicyclic) bond motifs is 4. The molecule has 2 heteroatoms. The van der Waals surface area contributed by atoms with Gasteiger partial charge in [0.2, 0.25) is 0 Å². The number of furan rings is 1. The molecule has 0 atom stereocenters. The second kappa shape index (κ2) is 13.4. The van der Waals surface area contributed by atoms with Gasteiger partial charge in [-0.15, -0.1) is 0 Å². The highest BCUT2D eigenvalue weighted by Crippen LogP contribution is 2.48. The quantitative estimate of drug-likeness (QED) is 0.166. The first-order valence-electron chi connectivity index (χ1n) is 18.4. The van der Waals surface area contributed by atoms with E-state index in [1.807, 2.05) is 0 Å². The largest absolute Gasteiger partial charge is 0.453 e. The van der Waals surface area contributed by atoms with Crippen LogP contribution in [0.4, 0.5) is 17.1 Å². The van der Waals surface area contributed by atoms with E-state index in [2.05, 4.69) is 217 Å². The van der Waals surface area contributed by atoms with Gasteiger partial charge in [-0.2, -0.15) is 0 Å². The van der Waals surface area contributed by atoms with Crippen molar-refractivity contribution in [2.24, 2.45) is 0 Å². The highest BCUT2D eigenvalue weighted by Gasteiger charge is 2.24. The minimum Gasteiger partial charge on any atom is -0.453 e. The smallest absolute Gasteiger partial charge is 0.160 e. The zero-order valence-electron chi connectivity index (χ0n) is 29.6. The summed E-state index contributed by atoms with van der Waals surface area (Å²) in [5, 5.41) is 4.62. The number of para-hydroxylation sites is 1. The Balaban J connectivity index is 1.21. The summed E-state index contributed by atoms with van der Waals surface area (Å²) < 4.78 is 7.21. The average Bonchev–Trinajstić information content (AvgIpc) is 3.65. The Labute approximate surface area is 314 Å². The monoisotopic (exact) mass is 689 g/mol. The fourth-order valence-corrected chi connectivity index (χ4v) is 7.80. The van der Waals surface area contributed by atoms with Crippen molar-refractivity contribution in [1.29, 1.82) is 0 Å². The van der Waals surface area contributed by atoms with Crippen molar-refractivity contribution >= 4 is 49.8 Å². The molecule has 10 aromatic rings. The van der Waals surface area contributed by atoms with Crippen molar-refractivity contribution in [2.45, 2.75) is 0 Å². The van der Waals surface area contributed by atoms with Crippen molar-refractivity contribution < 1.29 is 4.42 Å². The van der Waals surface area contributed by atoms with E-state index in [0.717, 1.165) is 61.3 Å². The van der Waals surface area contributed by atoms with Crippen LogP contribution in [-0.4, -0.2) is 0 Å². The molecule has 54 heavy (non-hydrogen) atoms. The maximum Gasteiger partial charge on any atom is 0.160 e. The molecule has 1 aromatic heterocycles. The summed E-state index contributed by atoms with van der Waals surface area (Å²) in [6.07, 6.45) is 0. The van der Waals surface area contributed by atoms with Crippen molar-refractivity contribution in [2.75, 3.05) is 4.90 Å². The number of nitrogens with zero attached hydrogens (tertiary/aromatic N) is 1. The second-order valence-corrected chi connectivity index (χ2v) is 13.7.